The third kappa shape index (κ3) is 4.38. The Labute approximate surface area is 106 Å². The Morgan fingerprint density at radius 1 is 1.53 bits per heavy atom. The topological polar surface area (TPSA) is 64.1 Å². The fourth-order valence-corrected chi connectivity index (χ4v) is 1.71. The Bertz CT molecular complexity index is 342. The van der Waals surface area contributed by atoms with Crippen LogP contribution in [0.25, 0.3) is 0 Å². The van der Waals surface area contributed by atoms with Crippen LogP contribution in [0.4, 0.5) is 0 Å². The molecule has 0 spiro atoms. The maximum absolute atomic E-state index is 11.6. The average Bonchev–Trinajstić information content (AvgIpc) is 2.83. The number of aromatic nitrogens is 2. The monoisotopic (exact) mass is 257 g/mol. The van der Waals surface area contributed by atoms with E-state index in [2.05, 4.69) is 15.3 Å². The Kier molecular flexibility index (Phi) is 6.04. The zero-order valence-electron chi connectivity index (χ0n) is 9.46. The van der Waals surface area contributed by atoms with Gasteiger partial charge in [0.05, 0.1) is 12.8 Å². The lowest BCUT2D eigenvalue weighted by Crippen LogP contribution is -2.28. The first kappa shape index (κ1) is 14.0. The molecule has 1 aromatic rings. The molecular weight excluding hydrogens is 242 g/mol. The molecule has 0 aliphatic carbocycles. The summed E-state index contributed by atoms with van der Waals surface area (Å²) in [5.74, 6) is -0.119. The van der Waals surface area contributed by atoms with Crippen molar-refractivity contribution in [3.8, 4) is 0 Å². The van der Waals surface area contributed by atoms with Gasteiger partial charge >= 0.3 is 0 Å². The minimum atomic E-state index is -0.119. The number of halogens is 1. The molecule has 1 unspecified atom stereocenters. The first-order chi connectivity index (χ1) is 7.86. The highest BCUT2D eigenvalue weighted by Crippen LogP contribution is 2.05. The molecule has 0 bridgehead atoms. The summed E-state index contributed by atoms with van der Waals surface area (Å²) in [7, 11) is 0. The standard InChI is InChI=1S/C11H15N3O2.ClH/c15-11(10-6-12-4-5-14-10)8-16-7-9-2-1-3-13-9;/h4-6,9,13H,1-3,7-8H2;1H. The van der Waals surface area contributed by atoms with Crippen LogP contribution in [0.5, 0.6) is 0 Å². The van der Waals surface area contributed by atoms with Gasteiger partial charge in [0.25, 0.3) is 0 Å². The maximum atomic E-state index is 11.6. The SMILES string of the molecule is Cl.O=C(COCC1CCCN1)c1cnccn1. The van der Waals surface area contributed by atoms with E-state index >= 15 is 0 Å². The smallest absolute Gasteiger partial charge is 0.208 e. The number of nitrogens with zero attached hydrogens (tertiary/aromatic N) is 2. The van der Waals surface area contributed by atoms with Gasteiger partial charge in [-0.3, -0.25) is 9.78 Å². The van der Waals surface area contributed by atoms with Crippen molar-refractivity contribution >= 4 is 18.2 Å². The number of Topliss-reactive ketones (excluding diaryl/α,β-unsaturated/α-hetero) is 1. The summed E-state index contributed by atoms with van der Waals surface area (Å²) < 4.78 is 5.35. The van der Waals surface area contributed by atoms with Crippen molar-refractivity contribution in [2.24, 2.45) is 0 Å². The van der Waals surface area contributed by atoms with Gasteiger partial charge in [-0.05, 0) is 19.4 Å². The molecule has 0 radical (unpaired) electrons. The van der Waals surface area contributed by atoms with E-state index in [0.717, 1.165) is 13.0 Å². The average molecular weight is 258 g/mol. The molecule has 2 rings (SSSR count). The van der Waals surface area contributed by atoms with Gasteiger partial charge in [0.2, 0.25) is 5.78 Å². The van der Waals surface area contributed by atoms with Gasteiger partial charge in [-0.2, -0.15) is 0 Å². The summed E-state index contributed by atoms with van der Waals surface area (Å²) in [5.41, 5.74) is 0.363. The van der Waals surface area contributed by atoms with Gasteiger partial charge in [-0.1, -0.05) is 0 Å². The second-order valence-electron chi connectivity index (χ2n) is 3.82. The lowest BCUT2D eigenvalue weighted by atomic mass is 10.2. The predicted molar refractivity (Wildman–Crippen MR) is 65.5 cm³/mol. The Morgan fingerprint density at radius 2 is 2.41 bits per heavy atom. The van der Waals surface area contributed by atoms with Gasteiger partial charge < -0.3 is 10.1 Å². The van der Waals surface area contributed by atoms with Crippen LogP contribution in [0.3, 0.4) is 0 Å². The van der Waals surface area contributed by atoms with Crippen LogP contribution in [0.1, 0.15) is 23.3 Å². The largest absolute Gasteiger partial charge is 0.372 e. The van der Waals surface area contributed by atoms with Crippen LogP contribution < -0.4 is 5.32 Å². The number of rotatable bonds is 5. The number of hydrogen-bond acceptors (Lipinski definition) is 5. The third-order valence-corrected chi connectivity index (χ3v) is 2.56. The van der Waals surface area contributed by atoms with Gasteiger partial charge in [-0.15, -0.1) is 12.4 Å². The Balaban J connectivity index is 0.00000144. The van der Waals surface area contributed by atoms with Crippen LogP contribution in [-0.4, -0.2) is 41.6 Å². The number of hydrogen-bond donors (Lipinski definition) is 1. The number of nitrogens with one attached hydrogen (secondary N) is 1. The minimum absolute atomic E-state index is 0. The summed E-state index contributed by atoms with van der Waals surface area (Å²) in [6.07, 6.45) is 6.82. The zero-order valence-corrected chi connectivity index (χ0v) is 10.3. The van der Waals surface area contributed by atoms with E-state index in [-0.39, 0.29) is 24.8 Å². The first-order valence-electron chi connectivity index (χ1n) is 5.46. The second-order valence-corrected chi connectivity index (χ2v) is 3.82. The van der Waals surface area contributed by atoms with Crippen molar-refractivity contribution in [2.75, 3.05) is 19.8 Å². The summed E-state index contributed by atoms with van der Waals surface area (Å²) in [5, 5.41) is 3.31. The quantitative estimate of drug-likeness (QED) is 0.793. The number of ether oxygens (including phenoxy) is 1. The summed E-state index contributed by atoms with van der Waals surface area (Å²) in [6, 6.07) is 0.398. The molecule has 5 nitrogen and oxygen atoms in total. The van der Waals surface area contributed by atoms with Crippen LogP contribution >= 0.6 is 12.4 Å². The summed E-state index contributed by atoms with van der Waals surface area (Å²) >= 11 is 0. The number of ketones is 1. The highest BCUT2D eigenvalue weighted by atomic mass is 35.5. The van der Waals surface area contributed by atoms with E-state index in [1.165, 1.54) is 18.8 Å². The van der Waals surface area contributed by atoms with E-state index in [0.29, 0.717) is 18.3 Å². The fourth-order valence-electron chi connectivity index (χ4n) is 1.71. The normalized spacial score (nSPS) is 18.7. The Morgan fingerprint density at radius 3 is 3.06 bits per heavy atom. The van der Waals surface area contributed by atoms with E-state index in [1.54, 1.807) is 6.20 Å². The van der Waals surface area contributed by atoms with Gasteiger partial charge in [0, 0.05) is 18.4 Å². The first-order valence-corrected chi connectivity index (χ1v) is 5.46. The summed E-state index contributed by atoms with van der Waals surface area (Å²) in [4.78, 5) is 19.3. The molecule has 0 saturated carbocycles. The van der Waals surface area contributed by atoms with Crippen molar-refractivity contribution in [2.45, 2.75) is 18.9 Å². The van der Waals surface area contributed by atoms with Gasteiger partial charge in [0.1, 0.15) is 12.3 Å². The molecule has 17 heavy (non-hydrogen) atoms. The van der Waals surface area contributed by atoms with Gasteiger partial charge in [0.15, 0.2) is 0 Å². The Hall–Kier alpha value is -1.04. The molecule has 1 N–H and O–H groups in total. The predicted octanol–water partition coefficient (Wildman–Crippen LogP) is 0.850. The van der Waals surface area contributed by atoms with Crippen molar-refractivity contribution in [3.05, 3.63) is 24.3 Å². The molecule has 1 atom stereocenters. The molecule has 0 amide bonds. The molecule has 1 aliphatic heterocycles. The second kappa shape index (κ2) is 7.32. The number of carbonyl (C=O) groups is 1. The zero-order chi connectivity index (χ0) is 11.2. The molecular formula is C11H16ClN3O2. The van der Waals surface area contributed by atoms with Crippen molar-refractivity contribution < 1.29 is 9.53 Å². The molecule has 94 valence electrons. The summed E-state index contributed by atoms with van der Waals surface area (Å²) in [6.45, 7) is 1.72. The lowest BCUT2D eigenvalue weighted by molar-refractivity contribution is 0.0718. The molecule has 1 aliphatic rings. The van der Waals surface area contributed by atoms with E-state index < -0.39 is 0 Å². The molecule has 1 fully saturated rings. The highest BCUT2D eigenvalue weighted by Gasteiger charge is 2.15. The molecule has 6 heteroatoms. The van der Waals surface area contributed by atoms with Crippen LogP contribution in [0, 0.1) is 0 Å². The van der Waals surface area contributed by atoms with Crippen molar-refractivity contribution in [1.29, 1.82) is 0 Å². The van der Waals surface area contributed by atoms with E-state index in [9.17, 15) is 4.79 Å². The number of carbonyl (C=O) groups excluding carboxylic acids is 1. The van der Waals surface area contributed by atoms with E-state index in [1.807, 2.05) is 0 Å². The fraction of sp³-hybridized carbons (Fsp3) is 0.545. The third-order valence-electron chi connectivity index (χ3n) is 2.56. The molecule has 1 saturated heterocycles. The molecule has 2 heterocycles. The van der Waals surface area contributed by atoms with E-state index in [4.69, 9.17) is 4.74 Å². The van der Waals surface area contributed by atoms with Crippen LogP contribution in [0.2, 0.25) is 0 Å². The molecule has 1 aromatic heterocycles. The van der Waals surface area contributed by atoms with Gasteiger partial charge in [-0.25, -0.2) is 4.98 Å². The van der Waals surface area contributed by atoms with Crippen LogP contribution in [-0.2, 0) is 4.74 Å². The van der Waals surface area contributed by atoms with Crippen molar-refractivity contribution in [1.82, 2.24) is 15.3 Å². The van der Waals surface area contributed by atoms with Crippen molar-refractivity contribution in [3.63, 3.8) is 0 Å². The van der Waals surface area contributed by atoms with Crippen LogP contribution in [0.15, 0.2) is 18.6 Å². The highest BCUT2D eigenvalue weighted by molar-refractivity contribution is 5.94. The minimum Gasteiger partial charge on any atom is -0.372 e. The maximum Gasteiger partial charge on any atom is 0.208 e. The lowest BCUT2D eigenvalue weighted by Gasteiger charge is -2.09. The molecule has 0 aromatic carbocycles.